The third-order valence-corrected chi connectivity index (χ3v) is 7.73. The number of halogens is 1. The number of esters is 1. The number of nitrogens with two attached hydrogens (primary N) is 1. The van der Waals surface area contributed by atoms with Gasteiger partial charge in [-0.05, 0) is 74.5 Å². The summed E-state index contributed by atoms with van der Waals surface area (Å²) in [4.78, 5) is 56.2. The zero-order chi connectivity index (χ0) is 31.1. The normalized spacial score (nSPS) is 15.1. The number of methoxy groups -OCH3 is 2. The van der Waals surface area contributed by atoms with Gasteiger partial charge in [0.2, 0.25) is 11.8 Å². The minimum absolute atomic E-state index is 0. The van der Waals surface area contributed by atoms with Crippen LogP contribution in [0.1, 0.15) is 42.1 Å². The van der Waals surface area contributed by atoms with E-state index in [1.807, 2.05) is 12.1 Å². The molecule has 3 amide bonds. The highest BCUT2D eigenvalue weighted by molar-refractivity contribution is 6.08. The molecular weight excluding hydrogens is 586 g/mol. The fourth-order valence-electron chi connectivity index (χ4n) is 5.21. The number of para-hydroxylation sites is 2. The van der Waals surface area contributed by atoms with Crippen LogP contribution >= 0.6 is 12.4 Å². The second-order valence-corrected chi connectivity index (χ2v) is 10.4. The van der Waals surface area contributed by atoms with Gasteiger partial charge in [0.25, 0.3) is 5.91 Å². The third-order valence-electron chi connectivity index (χ3n) is 7.73. The number of nitrogens with one attached hydrogen (secondary N) is 2. The first-order valence-corrected chi connectivity index (χ1v) is 14.3. The third kappa shape index (κ3) is 7.29. The molecule has 0 aliphatic carbocycles. The summed E-state index contributed by atoms with van der Waals surface area (Å²) in [5.74, 6) is -0.796. The number of carbonyl (C=O) groups is 4. The van der Waals surface area contributed by atoms with Crippen molar-refractivity contribution in [2.24, 2.45) is 5.73 Å². The van der Waals surface area contributed by atoms with Crippen LogP contribution in [0.15, 0.2) is 54.6 Å². The average molecular weight is 626 g/mol. The smallest absolute Gasteiger partial charge is 0.337 e. The molecule has 0 radical (unpaired) electrons. The number of anilines is 2. The quantitative estimate of drug-likeness (QED) is 0.218. The Labute approximate surface area is 263 Å². The van der Waals surface area contributed by atoms with Gasteiger partial charge < -0.3 is 35.6 Å². The minimum atomic E-state index is -1.01. The second-order valence-electron chi connectivity index (χ2n) is 10.4. The molecule has 11 nitrogen and oxygen atoms in total. The van der Waals surface area contributed by atoms with Gasteiger partial charge in [-0.25, -0.2) is 4.79 Å². The zero-order valence-electron chi connectivity index (χ0n) is 25.4. The van der Waals surface area contributed by atoms with Crippen molar-refractivity contribution >= 4 is 58.2 Å². The van der Waals surface area contributed by atoms with E-state index in [2.05, 4.69) is 10.6 Å². The highest BCUT2D eigenvalue weighted by Gasteiger charge is 2.37. The Balaban J connectivity index is 0.00000529. The van der Waals surface area contributed by atoms with Gasteiger partial charge in [0.15, 0.2) is 0 Å². The molecule has 236 valence electrons. The lowest BCUT2D eigenvalue weighted by Gasteiger charge is -2.27. The largest absolute Gasteiger partial charge is 0.496 e. The first-order chi connectivity index (χ1) is 20.7. The standard InChI is InChI=1S/C32H39N5O6.ClH/c1-20(34-2)30(39)35-25-19-36(29(38)11-7-8-16-33)26-9-5-6-10-27(26)37(31(25)40)18-24-23-14-12-22(32(41)43-4)17-21(23)13-15-28(24)42-3;/h5-6,9-10,12-15,17,20,25,34H,7-8,11,16,18-19,33H2,1-4H3,(H,35,39);1H. The van der Waals surface area contributed by atoms with Crippen LogP contribution in [0, 0.1) is 0 Å². The topological polar surface area (TPSA) is 143 Å². The summed E-state index contributed by atoms with van der Waals surface area (Å²) in [6.45, 7) is 2.23. The number of benzene rings is 3. The Morgan fingerprint density at radius 1 is 1.05 bits per heavy atom. The molecule has 0 saturated carbocycles. The van der Waals surface area contributed by atoms with Gasteiger partial charge in [-0.15, -0.1) is 12.4 Å². The van der Waals surface area contributed by atoms with E-state index in [1.165, 1.54) is 7.11 Å². The van der Waals surface area contributed by atoms with Crippen molar-refractivity contribution in [1.29, 1.82) is 0 Å². The lowest BCUT2D eigenvalue weighted by molar-refractivity contribution is -0.128. The average Bonchev–Trinajstić information content (AvgIpc) is 3.14. The summed E-state index contributed by atoms with van der Waals surface area (Å²) in [6, 6.07) is 14.5. The summed E-state index contributed by atoms with van der Waals surface area (Å²) in [7, 11) is 4.54. The van der Waals surface area contributed by atoms with Crippen molar-refractivity contribution in [3.05, 3.63) is 65.7 Å². The molecule has 0 fully saturated rings. The molecule has 44 heavy (non-hydrogen) atoms. The number of rotatable bonds is 11. The molecule has 1 heterocycles. The van der Waals surface area contributed by atoms with Crippen LogP contribution in [0.5, 0.6) is 5.75 Å². The van der Waals surface area contributed by atoms with Gasteiger partial charge in [-0.1, -0.05) is 24.3 Å². The molecule has 12 heteroatoms. The Morgan fingerprint density at radius 3 is 2.43 bits per heavy atom. The molecule has 0 bridgehead atoms. The van der Waals surface area contributed by atoms with E-state index in [1.54, 1.807) is 73.3 Å². The van der Waals surface area contributed by atoms with E-state index >= 15 is 0 Å². The molecule has 0 spiro atoms. The van der Waals surface area contributed by atoms with E-state index in [9.17, 15) is 19.2 Å². The van der Waals surface area contributed by atoms with Crippen LogP contribution in [0.4, 0.5) is 11.4 Å². The van der Waals surface area contributed by atoms with Gasteiger partial charge in [0.1, 0.15) is 11.8 Å². The van der Waals surface area contributed by atoms with Crippen LogP contribution in [0.2, 0.25) is 0 Å². The number of fused-ring (bicyclic) bond motifs is 2. The number of hydrogen-bond donors (Lipinski definition) is 3. The maximum atomic E-state index is 14.3. The molecule has 3 aromatic rings. The Kier molecular flexibility index (Phi) is 12.1. The molecular formula is C32H40ClN5O6. The summed E-state index contributed by atoms with van der Waals surface area (Å²) in [5, 5.41) is 7.30. The first-order valence-electron chi connectivity index (χ1n) is 14.3. The van der Waals surface area contributed by atoms with Crippen molar-refractivity contribution < 1.29 is 28.7 Å². The number of likely N-dealkylation sites (N-methyl/N-ethyl adjacent to an activating group) is 1. The van der Waals surface area contributed by atoms with Crippen molar-refractivity contribution in [3.8, 4) is 5.75 Å². The van der Waals surface area contributed by atoms with E-state index in [0.29, 0.717) is 47.6 Å². The van der Waals surface area contributed by atoms with Crippen molar-refractivity contribution in [2.75, 3.05) is 44.2 Å². The Hall–Kier alpha value is -4.19. The van der Waals surface area contributed by atoms with Crippen LogP contribution in [-0.2, 0) is 25.7 Å². The van der Waals surface area contributed by atoms with Gasteiger partial charge in [0.05, 0.1) is 50.3 Å². The predicted molar refractivity (Wildman–Crippen MR) is 172 cm³/mol. The highest BCUT2D eigenvalue weighted by atomic mass is 35.5. The van der Waals surface area contributed by atoms with Gasteiger partial charge >= 0.3 is 5.97 Å². The second kappa shape index (κ2) is 15.5. The predicted octanol–water partition coefficient (Wildman–Crippen LogP) is 3.16. The maximum Gasteiger partial charge on any atom is 0.337 e. The lowest BCUT2D eigenvalue weighted by atomic mass is 10.00. The summed E-state index contributed by atoms with van der Waals surface area (Å²) < 4.78 is 10.6. The molecule has 0 aromatic heterocycles. The molecule has 2 unspecified atom stereocenters. The van der Waals surface area contributed by atoms with Crippen LogP contribution < -0.4 is 30.9 Å². The van der Waals surface area contributed by atoms with Crippen molar-refractivity contribution in [2.45, 2.75) is 44.8 Å². The van der Waals surface area contributed by atoms with Gasteiger partial charge in [0, 0.05) is 12.0 Å². The molecule has 4 N–H and O–H groups in total. The minimum Gasteiger partial charge on any atom is -0.496 e. The van der Waals surface area contributed by atoms with E-state index in [0.717, 1.165) is 10.8 Å². The van der Waals surface area contributed by atoms with Crippen LogP contribution in [0.3, 0.4) is 0 Å². The Morgan fingerprint density at radius 2 is 1.77 bits per heavy atom. The van der Waals surface area contributed by atoms with E-state index < -0.39 is 18.1 Å². The van der Waals surface area contributed by atoms with E-state index in [4.69, 9.17) is 15.2 Å². The maximum absolute atomic E-state index is 14.3. The van der Waals surface area contributed by atoms with Crippen LogP contribution in [-0.4, -0.2) is 70.1 Å². The number of nitrogens with zero attached hydrogens (tertiary/aromatic N) is 2. The number of unbranched alkanes of at least 4 members (excludes halogenated alkanes) is 1. The molecule has 1 aliphatic heterocycles. The molecule has 1 aliphatic rings. The fraction of sp³-hybridized carbons (Fsp3) is 0.375. The van der Waals surface area contributed by atoms with Crippen LogP contribution in [0.25, 0.3) is 10.8 Å². The number of ether oxygens (including phenoxy) is 2. The number of amides is 3. The summed E-state index contributed by atoms with van der Waals surface area (Å²) in [5.41, 5.74) is 7.85. The van der Waals surface area contributed by atoms with Crippen molar-refractivity contribution in [3.63, 3.8) is 0 Å². The first kappa shape index (κ1) is 34.3. The van der Waals surface area contributed by atoms with Crippen molar-refractivity contribution in [1.82, 2.24) is 10.6 Å². The highest BCUT2D eigenvalue weighted by Crippen LogP contribution is 2.37. The zero-order valence-corrected chi connectivity index (χ0v) is 26.2. The lowest BCUT2D eigenvalue weighted by Crippen LogP contribution is -2.55. The fourth-order valence-corrected chi connectivity index (χ4v) is 5.21. The molecule has 3 aromatic carbocycles. The molecule has 0 saturated heterocycles. The number of carbonyl (C=O) groups excluding carboxylic acids is 4. The molecule has 2 atom stereocenters. The molecule has 4 rings (SSSR count). The van der Waals surface area contributed by atoms with Gasteiger partial charge in [-0.3, -0.25) is 14.4 Å². The monoisotopic (exact) mass is 625 g/mol. The summed E-state index contributed by atoms with van der Waals surface area (Å²) >= 11 is 0. The SMILES string of the molecule is CNC(C)C(=O)NC1CN(C(=O)CCCCN)c2ccccc2N(Cc2c(OC)ccc3cc(C(=O)OC)ccc23)C1=O.Cl. The summed E-state index contributed by atoms with van der Waals surface area (Å²) in [6.07, 6.45) is 1.57. The number of hydrogen-bond acceptors (Lipinski definition) is 8. The Bertz CT molecular complexity index is 1520. The van der Waals surface area contributed by atoms with Gasteiger partial charge in [-0.2, -0.15) is 0 Å². The van der Waals surface area contributed by atoms with E-state index in [-0.39, 0.29) is 49.6 Å².